The summed E-state index contributed by atoms with van der Waals surface area (Å²) < 4.78 is 28.0. The number of benzene rings is 3. The lowest BCUT2D eigenvalue weighted by molar-refractivity contribution is -0.131. The molecule has 4 aromatic rings. The molecule has 1 saturated carbocycles. The highest BCUT2D eigenvalue weighted by molar-refractivity contribution is 6.17. The SMILES string of the molecule is Nc1n[nH]c2cccc(-c3ccc(NC(=O)C4(C(=O)Nc5ccc(F)cc5)CC4)c(F)c3)c12. The number of aromatic amines is 1. The predicted octanol–water partition coefficient (Wildman–Crippen LogP) is 4.45. The molecular weight excluding hydrogens is 428 g/mol. The summed E-state index contributed by atoms with van der Waals surface area (Å²) in [5.41, 5.74) is 7.01. The first-order chi connectivity index (χ1) is 15.9. The van der Waals surface area contributed by atoms with Gasteiger partial charge in [0, 0.05) is 5.69 Å². The van der Waals surface area contributed by atoms with Gasteiger partial charge >= 0.3 is 0 Å². The number of hydrogen-bond donors (Lipinski definition) is 4. The third-order valence-electron chi connectivity index (χ3n) is 5.87. The highest BCUT2D eigenvalue weighted by Gasteiger charge is 2.56. The van der Waals surface area contributed by atoms with Gasteiger partial charge in [-0.1, -0.05) is 18.2 Å². The molecule has 7 nitrogen and oxygen atoms in total. The lowest BCUT2D eigenvalue weighted by atomic mass is 10.0. The molecule has 0 aliphatic heterocycles. The molecule has 0 bridgehead atoms. The second-order valence-corrected chi connectivity index (χ2v) is 8.03. The van der Waals surface area contributed by atoms with Crippen molar-refractivity contribution in [3.8, 4) is 11.1 Å². The number of hydrogen-bond acceptors (Lipinski definition) is 4. The minimum absolute atomic E-state index is 0.0306. The number of rotatable bonds is 5. The summed E-state index contributed by atoms with van der Waals surface area (Å²) in [6.07, 6.45) is 0.681. The molecule has 5 N–H and O–H groups in total. The quantitative estimate of drug-likeness (QED) is 0.339. The molecule has 0 saturated heterocycles. The van der Waals surface area contributed by atoms with Gasteiger partial charge in [0.2, 0.25) is 11.8 Å². The van der Waals surface area contributed by atoms with Crippen LogP contribution in [0.15, 0.2) is 60.7 Å². The Morgan fingerprint density at radius 2 is 1.70 bits per heavy atom. The number of fused-ring (bicyclic) bond motifs is 1. The fourth-order valence-corrected chi connectivity index (χ4v) is 3.83. The van der Waals surface area contributed by atoms with Gasteiger partial charge < -0.3 is 16.4 Å². The maximum atomic E-state index is 14.9. The van der Waals surface area contributed by atoms with E-state index >= 15 is 0 Å². The van der Waals surface area contributed by atoms with Crippen LogP contribution in [0.3, 0.4) is 0 Å². The number of nitrogens with zero attached hydrogens (tertiary/aromatic N) is 1. The van der Waals surface area contributed by atoms with E-state index in [1.165, 1.54) is 36.4 Å². The second-order valence-electron chi connectivity index (χ2n) is 8.03. The van der Waals surface area contributed by atoms with Crippen molar-refractivity contribution in [1.82, 2.24) is 10.2 Å². The van der Waals surface area contributed by atoms with Crippen LogP contribution < -0.4 is 16.4 Å². The fourth-order valence-electron chi connectivity index (χ4n) is 3.83. The molecule has 1 fully saturated rings. The number of carbonyl (C=O) groups excluding carboxylic acids is 2. The van der Waals surface area contributed by atoms with E-state index in [2.05, 4.69) is 20.8 Å². The van der Waals surface area contributed by atoms with Gasteiger partial charge in [0.05, 0.1) is 16.6 Å². The van der Waals surface area contributed by atoms with Gasteiger partial charge in [-0.2, -0.15) is 5.10 Å². The Morgan fingerprint density at radius 1 is 0.970 bits per heavy atom. The summed E-state index contributed by atoms with van der Waals surface area (Å²) in [6.45, 7) is 0. The molecule has 9 heteroatoms. The lowest BCUT2D eigenvalue weighted by Crippen LogP contribution is -2.35. The van der Waals surface area contributed by atoms with Gasteiger partial charge in [-0.25, -0.2) is 8.78 Å². The first-order valence-corrected chi connectivity index (χ1v) is 10.3. The van der Waals surface area contributed by atoms with Gasteiger partial charge in [-0.05, 0) is 66.4 Å². The summed E-state index contributed by atoms with van der Waals surface area (Å²) in [7, 11) is 0. The molecular formula is C24H19F2N5O2. The van der Waals surface area contributed by atoms with Crippen molar-refractivity contribution in [2.45, 2.75) is 12.8 Å². The molecule has 0 atom stereocenters. The average Bonchev–Trinajstić information content (AvgIpc) is 3.54. The Bertz CT molecular complexity index is 1390. The molecule has 1 aliphatic rings. The summed E-state index contributed by atoms with van der Waals surface area (Å²) >= 11 is 0. The zero-order valence-electron chi connectivity index (χ0n) is 17.3. The van der Waals surface area contributed by atoms with Crippen molar-refractivity contribution >= 4 is 39.9 Å². The van der Waals surface area contributed by atoms with E-state index in [0.29, 0.717) is 40.9 Å². The van der Waals surface area contributed by atoms with Gasteiger partial charge in [0.1, 0.15) is 17.0 Å². The Balaban J connectivity index is 1.35. The number of nitrogens with one attached hydrogen (secondary N) is 3. The average molecular weight is 447 g/mol. The zero-order chi connectivity index (χ0) is 23.2. The van der Waals surface area contributed by atoms with Crippen LogP contribution in [0.5, 0.6) is 0 Å². The Labute approximate surface area is 187 Å². The van der Waals surface area contributed by atoms with Gasteiger partial charge in [0.25, 0.3) is 0 Å². The third kappa shape index (κ3) is 3.67. The smallest absolute Gasteiger partial charge is 0.240 e. The number of nitrogens with two attached hydrogens (primary N) is 1. The number of H-pyrrole nitrogens is 1. The zero-order valence-corrected chi connectivity index (χ0v) is 17.3. The summed E-state index contributed by atoms with van der Waals surface area (Å²) in [5, 5.41) is 12.7. The molecule has 0 spiro atoms. The minimum atomic E-state index is -1.28. The topological polar surface area (TPSA) is 113 Å². The monoisotopic (exact) mass is 447 g/mol. The Kier molecular flexibility index (Phi) is 4.81. The molecule has 2 amide bonds. The van der Waals surface area contributed by atoms with Crippen LogP contribution in [-0.2, 0) is 9.59 Å². The van der Waals surface area contributed by atoms with Crippen molar-refractivity contribution in [1.29, 1.82) is 0 Å². The van der Waals surface area contributed by atoms with Crippen molar-refractivity contribution in [3.63, 3.8) is 0 Å². The first kappa shape index (κ1) is 20.6. The number of anilines is 3. The molecule has 3 aromatic carbocycles. The minimum Gasteiger partial charge on any atom is -0.382 e. The highest BCUT2D eigenvalue weighted by Crippen LogP contribution is 2.47. The van der Waals surface area contributed by atoms with E-state index in [4.69, 9.17) is 5.73 Å². The maximum absolute atomic E-state index is 14.9. The number of carbonyl (C=O) groups is 2. The van der Waals surface area contributed by atoms with Gasteiger partial charge in [0.15, 0.2) is 5.82 Å². The molecule has 166 valence electrons. The fraction of sp³-hybridized carbons (Fsp3) is 0.125. The molecule has 0 unspecified atom stereocenters. The normalized spacial score (nSPS) is 14.1. The van der Waals surface area contributed by atoms with Crippen LogP contribution in [0.2, 0.25) is 0 Å². The predicted molar refractivity (Wildman–Crippen MR) is 121 cm³/mol. The standard InChI is InChI=1S/C24H19F2N5O2/c25-14-5-7-15(8-6-14)28-22(32)24(10-11-24)23(33)29-18-9-4-13(12-17(18)26)16-2-1-3-19-20(16)21(27)31-30-19/h1-9,12H,10-11H2,(H,28,32)(H,29,33)(H3,27,30,31). The van der Waals surface area contributed by atoms with E-state index in [0.717, 1.165) is 5.52 Å². The van der Waals surface area contributed by atoms with Crippen LogP contribution >= 0.6 is 0 Å². The summed E-state index contributed by atoms with van der Waals surface area (Å²) in [6, 6.07) is 15.1. The molecule has 5 rings (SSSR count). The van der Waals surface area contributed by atoms with Crippen LogP contribution in [0.25, 0.3) is 22.0 Å². The number of amides is 2. The van der Waals surface area contributed by atoms with Gasteiger partial charge in [-0.15, -0.1) is 0 Å². The Hall–Kier alpha value is -4.27. The van der Waals surface area contributed by atoms with Crippen LogP contribution in [0.4, 0.5) is 26.0 Å². The second kappa shape index (κ2) is 7.70. The summed E-state index contributed by atoms with van der Waals surface area (Å²) in [5.74, 6) is -1.87. The van der Waals surface area contributed by atoms with Crippen molar-refractivity contribution in [2.75, 3.05) is 16.4 Å². The third-order valence-corrected chi connectivity index (χ3v) is 5.87. The number of nitrogen functional groups attached to an aromatic ring is 1. The van der Waals surface area contributed by atoms with Gasteiger partial charge in [-0.3, -0.25) is 14.7 Å². The van der Waals surface area contributed by atoms with E-state index in [9.17, 15) is 18.4 Å². The van der Waals surface area contributed by atoms with E-state index < -0.39 is 28.9 Å². The maximum Gasteiger partial charge on any atom is 0.240 e. The van der Waals surface area contributed by atoms with Crippen molar-refractivity contribution in [2.24, 2.45) is 5.41 Å². The Morgan fingerprint density at radius 3 is 2.39 bits per heavy atom. The highest BCUT2D eigenvalue weighted by atomic mass is 19.1. The largest absolute Gasteiger partial charge is 0.382 e. The van der Waals surface area contributed by atoms with E-state index in [1.54, 1.807) is 18.2 Å². The molecule has 1 aliphatic carbocycles. The molecule has 1 aromatic heterocycles. The van der Waals surface area contributed by atoms with Crippen molar-refractivity contribution < 1.29 is 18.4 Å². The molecule has 1 heterocycles. The first-order valence-electron chi connectivity index (χ1n) is 10.3. The van der Waals surface area contributed by atoms with E-state index in [-0.39, 0.29) is 5.69 Å². The summed E-state index contributed by atoms with van der Waals surface area (Å²) in [4.78, 5) is 25.5. The van der Waals surface area contributed by atoms with E-state index in [1.807, 2.05) is 6.07 Å². The van der Waals surface area contributed by atoms with Crippen LogP contribution in [0, 0.1) is 17.0 Å². The number of halogens is 2. The molecule has 33 heavy (non-hydrogen) atoms. The lowest BCUT2D eigenvalue weighted by Gasteiger charge is -2.16. The van der Waals surface area contributed by atoms with Crippen LogP contribution in [0.1, 0.15) is 12.8 Å². The van der Waals surface area contributed by atoms with Crippen molar-refractivity contribution in [3.05, 3.63) is 72.3 Å². The van der Waals surface area contributed by atoms with Crippen LogP contribution in [-0.4, -0.2) is 22.0 Å². The molecule has 0 radical (unpaired) electrons. The number of aromatic nitrogens is 2.